The molecule has 118 valence electrons. The molecule has 0 aromatic carbocycles. The highest BCUT2D eigenvalue weighted by atomic mass is 32.2. The highest BCUT2D eigenvalue weighted by Crippen LogP contribution is 2.21. The van der Waals surface area contributed by atoms with E-state index in [9.17, 15) is 8.42 Å². The molecule has 5 nitrogen and oxygen atoms in total. The molecule has 0 bridgehead atoms. The molecule has 0 spiro atoms. The molecule has 1 aromatic heterocycles. The Morgan fingerprint density at radius 1 is 1.38 bits per heavy atom. The Morgan fingerprint density at radius 3 is 2.62 bits per heavy atom. The molecule has 1 aromatic rings. The Kier molecular flexibility index (Phi) is 5.35. The van der Waals surface area contributed by atoms with E-state index in [1.807, 2.05) is 12.1 Å². The first-order valence-corrected chi connectivity index (χ1v) is 9.03. The Balaban J connectivity index is 1.90. The van der Waals surface area contributed by atoms with Gasteiger partial charge in [-0.15, -0.1) is 0 Å². The van der Waals surface area contributed by atoms with Crippen molar-refractivity contribution in [3.63, 3.8) is 0 Å². The van der Waals surface area contributed by atoms with Gasteiger partial charge in [-0.2, -0.15) is 0 Å². The third kappa shape index (κ3) is 4.02. The minimum atomic E-state index is -3.13. The number of hydrogen-bond acceptors (Lipinski definition) is 4. The van der Waals surface area contributed by atoms with Crippen LogP contribution in [0.25, 0.3) is 0 Å². The lowest BCUT2D eigenvalue weighted by molar-refractivity contribution is 0.218. The van der Waals surface area contributed by atoms with Gasteiger partial charge in [0.2, 0.25) is 10.0 Å². The SMILES string of the molecule is CC(C)S(=O)(=O)N1CC[C@@H](NCc2ccncc2)[C@H](C)C1. The Labute approximate surface area is 127 Å². The molecule has 2 rings (SSSR count). The second kappa shape index (κ2) is 6.85. The Morgan fingerprint density at radius 2 is 2.05 bits per heavy atom. The molecule has 6 heteroatoms. The van der Waals surface area contributed by atoms with E-state index in [4.69, 9.17) is 0 Å². The van der Waals surface area contributed by atoms with E-state index in [0.29, 0.717) is 25.0 Å². The number of aromatic nitrogens is 1. The lowest BCUT2D eigenvalue weighted by Gasteiger charge is -2.37. The van der Waals surface area contributed by atoms with Crippen LogP contribution in [-0.4, -0.2) is 42.1 Å². The number of nitrogens with zero attached hydrogens (tertiary/aromatic N) is 2. The quantitative estimate of drug-likeness (QED) is 0.897. The Hall–Kier alpha value is -0.980. The molecule has 21 heavy (non-hydrogen) atoms. The normalized spacial score (nSPS) is 24.4. The third-order valence-corrected chi connectivity index (χ3v) is 6.38. The molecule has 0 aliphatic carbocycles. The van der Waals surface area contributed by atoms with Crippen molar-refractivity contribution in [1.29, 1.82) is 0 Å². The molecule has 1 aliphatic heterocycles. The van der Waals surface area contributed by atoms with Gasteiger partial charge in [-0.3, -0.25) is 4.98 Å². The topological polar surface area (TPSA) is 62.3 Å². The van der Waals surface area contributed by atoms with Gasteiger partial charge >= 0.3 is 0 Å². The van der Waals surface area contributed by atoms with Crippen LogP contribution in [0, 0.1) is 5.92 Å². The average molecular weight is 311 g/mol. The smallest absolute Gasteiger partial charge is 0.216 e. The fraction of sp³-hybridized carbons (Fsp3) is 0.667. The van der Waals surface area contributed by atoms with Crippen molar-refractivity contribution < 1.29 is 8.42 Å². The molecule has 2 heterocycles. The number of rotatable bonds is 5. The molecule has 0 unspecified atom stereocenters. The fourth-order valence-corrected chi connectivity index (χ4v) is 4.09. The lowest BCUT2D eigenvalue weighted by Crippen LogP contribution is -2.51. The van der Waals surface area contributed by atoms with Crippen LogP contribution in [0.4, 0.5) is 0 Å². The largest absolute Gasteiger partial charge is 0.310 e. The van der Waals surface area contributed by atoms with Crippen molar-refractivity contribution in [3.8, 4) is 0 Å². The van der Waals surface area contributed by atoms with Gasteiger partial charge < -0.3 is 5.32 Å². The summed E-state index contributed by atoms with van der Waals surface area (Å²) in [5, 5.41) is 3.20. The highest BCUT2D eigenvalue weighted by Gasteiger charge is 2.33. The maximum atomic E-state index is 12.2. The van der Waals surface area contributed by atoms with Crippen molar-refractivity contribution in [1.82, 2.24) is 14.6 Å². The fourth-order valence-electron chi connectivity index (χ4n) is 2.69. The van der Waals surface area contributed by atoms with E-state index in [-0.39, 0.29) is 5.25 Å². The van der Waals surface area contributed by atoms with Gasteiger partial charge in [-0.1, -0.05) is 6.92 Å². The maximum Gasteiger partial charge on any atom is 0.216 e. The van der Waals surface area contributed by atoms with Crippen LogP contribution in [0.3, 0.4) is 0 Å². The number of sulfonamides is 1. The van der Waals surface area contributed by atoms with Crippen molar-refractivity contribution in [2.75, 3.05) is 13.1 Å². The molecule has 0 radical (unpaired) electrons. The van der Waals surface area contributed by atoms with Gasteiger partial charge in [-0.05, 0) is 43.9 Å². The maximum absolute atomic E-state index is 12.2. The summed E-state index contributed by atoms with van der Waals surface area (Å²) in [6, 6.07) is 4.35. The van der Waals surface area contributed by atoms with Crippen molar-refractivity contribution >= 4 is 10.0 Å². The molecular weight excluding hydrogens is 286 g/mol. The summed E-state index contributed by atoms with van der Waals surface area (Å²) in [6.07, 6.45) is 4.44. The van der Waals surface area contributed by atoms with Gasteiger partial charge in [0, 0.05) is 38.1 Å². The average Bonchev–Trinajstić information content (AvgIpc) is 2.46. The summed E-state index contributed by atoms with van der Waals surface area (Å²) in [7, 11) is -3.13. The first-order valence-electron chi connectivity index (χ1n) is 7.52. The highest BCUT2D eigenvalue weighted by molar-refractivity contribution is 7.89. The van der Waals surface area contributed by atoms with Crippen LogP contribution in [0.1, 0.15) is 32.8 Å². The van der Waals surface area contributed by atoms with Gasteiger partial charge in [0.15, 0.2) is 0 Å². The second-order valence-electron chi connectivity index (χ2n) is 6.06. The van der Waals surface area contributed by atoms with Crippen molar-refractivity contribution in [3.05, 3.63) is 30.1 Å². The summed E-state index contributed by atoms with van der Waals surface area (Å²) >= 11 is 0. The zero-order chi connectivity index (χ0) is 15.5. The minimum Gasteiger partial charge on any atom is -0.310 e. The predicted molar refractivity (Wildman–Crippen MR) is 84.3 cm³/mol. The van der Waals surface area contributed by atoms with Gasteiger partial charge in [-0.25, -0.2) is 12.7 Å². The van der Waals surface area contributed by atoms with Crippen LogP contribution < -0.4 is 5.32 Å². The summed E-state index contributed by atoms with van der Waals surface area (Å²) in [5.74, 6) is 0.314. The van der Waals surface area contributed by atoms with Gasteiger partial charge in [0.05, 0.1) is 5.25 Å². The monoisotopic (exact) mass is 311 g/mol. The van der Waals surface area contributed by atoms with E-state index in [1.54, 1.807) is 30.5 Å². The number of hydrogen-bond donors (Lipinski definition) is 1. The molecule has 1 aliphatic rings. The second-order valence-corrected chi connectivity index (χ2v) is 8.55. The van der Waals surface area contributed by atoms with E-state index in [1.165, 1.54) is 5.56 Å². The molecule has 1 N–H and O–H groups in total. The molecule has 1 fully saturated rings. The minimum absolute atomic E-state index is 0.314. The third-order valence-electron chi connectivity index (χ3n) is 4.14. The van der Waals surface area contributed by atoms with E-state index >= 15 is 0 Å². The molecule has 0 saturated carbocycles. The van der Waals surface area contributed by atoms with Crippen molar-refractivity contribution in [2.24, 2.45) is 5.92 Å². The number of nitrogens with one attached hydrogen (secondary N) is 1. The van der Waals surface area contributed by atoms with Crippen LogP contribution in [0.5, 0.6) is 0 Å². The van der Waals surface area contributed by atoms with Crippen LogP contribution >= 0.6 is 0 Å². The summed E-state index contributed by atoms with van der Waals surface area (Å²) in [6.45, 7) is 7.62. The molecule has 2 atom stereocenters. The van der Waals surface area contributed by atoms with E-state index < -0.39 is 10.0 Å². The predicted octanol–water partition coefficient (Wildman–Crippen LogP) is 1.62. The van der Waals surface area contributed by atoms with Gasteiger partial charge in [0.1, 0.15) is 0 Å². The van der Waals surface area contributed by atoms with Crippen LogP contribution in [-0.2, 0) is 16.6 Å². The zero-order valence-corrected chi connectivity index (χ0v) is 13.8. The number of pyridine rings is 1. The molecule has 1 saturated heterocycles. The van der Waals surface area contributed by atoms with Crippen molar-refractivity contribution in [2.45, 2.75) is 45.0 Å². The van der Waals surface area contributed by atoms with E-state index in [0.717, 1.165) is 13.0 Å². The standard InChI is InChI=1S/C15H25N3O2S/c1-12(2)21(19,20)18-9-6-15(13(3)11-18)17-10-14-4-7-16-8-5-14/h4-5,7-8,12-13,15,17H,6,9-11H2,1-3H3/t13-,15-/m1/s1. The molecule has 0 amide bonds. The van der Waals surface area contributed by atoms with Gasteiger partial charge in [0.25, 0.3) is 0 Å². The molecular formula is C15H25N3O2S. The van der Waals surface area contributed by atoms with Crippen LogP contribution in [0.15, 0.2) is 24.5 Å². The Bertz CT molecular complexity index is 545. The first-order chi connectivity index (χ1) is 9.91. The van der Waals surface area contributed by atoms with Crippen LogP contribution in [0.2, 0.25) is 0 Å². The first kappa shape index (κ1) is 16.4. The number of piperidine rings is 1. The summed E-state index contributed by atoms with van der Waals surface area (Å²) < 4.78 is 26.1. The summed E-state index contributed by atoms with van der Waals surface area (Å²) in [5.41, 5.74) is 1.20. The lowest BCUT2D eigenvalue weighted by atomic mass is 9.95. The van der Waals surface area contributed by atoms with E-state index in [2.05, 4.69) is 17.2 Å². The summed E-state index contributed by atoms with van der Waals surface area (Å²) in [4.78, 5) is 4.01. The zero-order valence-electron chi connectivity index (χ0n) is 13.0.